The van der Waals surface area contributed by atoms with Gasteiger partial charge in [0.05, 0.1) is 36.1 Å². The lowest BCUT2D eigenvalue weighted by Gasteiger charge is -2.60. The van der Waals surface area contributed by atoms with Gasteiger partial charge in [-0.15, -0.1) is 0 Å². The molecule has 0 radical (unpaired) electrons. The maximum atomic E-state index is 13.1. The van der Waals surface area contributed by atoms with Crippen LogP contribution in [-0.2, 0) is 21.4 Å². The lowest BCUT2D eigenvalue weighted by atomic mass is 9.54. The minimum absolute atomic E-state index is 0.0926. The highest BCUT2D eigenvalue weighted by Gasteiger charge is 2.62. The van der Waals surface area contributed by atoms with E-state index in [0.29, 0.717) is 47.5 Å². The maximum Gasteiger partial charge on any atom is 0.308 e. The van der Waals surface area contributed by atoms with E-state index in [9.17, 15) is 14.7 Å². The Morgan fingerprint density at radius 2 is 1.98 bits per heavy atom. The predicted molar refractivity (Wildman–Crippen MR) is 160 cm³/mol. The first-order valence-electron chi connectivity index (χ1n) is 14.1. The third kappa shape index (κ3) is 6.57. The molecule has 2 fully saturated rings. The molecule has 1 saturated carbocycles. The number of ether oxygens (including phenoxy) is 1. The smallest absolute Gasteiger partial charge is 0.308 e. The van der Waals surface area contributed by atoms with Gasteiger partial charge in [-0.1, -0.05) is 61.8 Å². The molecule has 2 N–H and O–H groups in total. The number of halogens is 2. The van der Waals surface area contributed by atoms with Gasteiger partial charge in [0.15, 0.2) is 0 Å². The topological polar surface area (TPSA) is 75.6 Å². The zero-order valence-corrected chi connectivity index (χ0v) is 25.2. The first-order chi connectivity index (χ1) is 18.9. The van der Waals surface area contributed by atoms with Crippen LogP contribution in [0.3, 0.4) is 0 Å². The fraction of sp³-hybridized carbons (Fsp3) is 0.500. The second-order valence-electron chi connectivity index (χ2n) is 12.2. The van der Waals surface area contributed by atoms with Crippen LogP contribution in [0.4, 0.5) is 0 Å². The molecule has 1 heterocycles. The molecule has 1 aliphatic carbocycles. The highest BCUT2D eigenvalue weighted by molar-refractivity contribution is 6.42. The monoisotopic (exact) mass is 587 g/mol. The largest absolute Gasteiger partial charge is 0.427 e. The molecule has 1 amide bonds. The van der Waals surface area contributed by atoms with Crippen LogP contribution in [-0.4, -0.2) is 59.3 Å². The SMILES string of the molecule is C=CC[N@@+]1(CC(C)C)CC[C@]2(c3cccc(OC(C)=O)c3)C[C@@H](NC(=O)Cc3ccc(Cl)c(Cl)c3)CCC2(O)C1. The predicted octanol–water partition coefficient (Wildman–Crippen LogP) is 5.86. The molecule has 4 atom stereocenters. The number of fused-ring (bicyclic) bond motifs is 1. The number of nitrogens with zero attached hydrogens (tertiary/aromatic N) is 1. The van der Waals surface area contributed by atoms with E-state index in [2.05, 4.69) is 25.7 Å². The summed E-state index contributed by atoms with van der Waals surface area (Å²) in [6, 6.07) is 12.7. The Bertz CT molecular complexity index is 1270. The molecule has 2 aromatic rings. The van der Waals surface area contributed by atoms with Crippen molar-refractivity contribution >= 4 is 35.1 Å². The second-order valence-corrected chi connectivity index (χ2v) is 13.0. The summed E-state index contributed by atoms with van der Waals surface area (Å²) in [4.78, 5) is 24.8. The normalized spacial score (nSPS) is 28.0. The molecule has 2 aliphatic rings. The number of piperidine rings is 1. The number of carbonyl (C=O) groups is 2. The first-order valence-corrected chi connectivity index (χ1v) is 14.9. The molecule has 0 spiro atoms. The minimum Gasteiger partial charge on any atom is -0.427 e. The number of amides is 1. The summed E-state index contributed by atoms with van der Waals surface area (Å²) in [5, 5.41) is 16.7. The van der Waals surface area contributed by atoms with E-state index in [-0.39, 0.29) is 24.3 Å². The summed E-state index contributed by atoms with van der Waals surface area (Å²) in [7, 11) is 0. The second kappa shape index (κ2) is 12.2. The average molecular weight is 589 g/mol. The van der Waals surface area contributed by atoms with Crippen molar-refractivity contribution in [2.45, 2.75) is 69.9 Å². The highest BCUT2D eigenvalue weighted by atomic mass is 35.5. The van der Waals surface area contributed by atoms with E-state index >= 15 is 0 Å². The van der Waals surface area contributed by atoms with E-state index in [0.717, 1.165) is 41.7 Å². The van der Waals surface area contributed by atoms with Crippen LogP contribution >= 0.6 is 23.2 Å². The summed E-state index contributed by atoms with van der Waals surface area (Å²) in [6.07, 6.45) is 4.72. The van der Waals surface area contributed by atoms with Gasteiger partial charge in [0.1, 0.15) is 17.9 Å². The Kier molecular flexibility index (Phi) is 9.35. The summed E-state index contributed by atoms with van der Waals surface area (Å²) in [5.74, 6) is 0.459. The van der Waals surface area contributed by atoms with Gasteiger partial charge in [-0.25, -0.2) is 0 Å². The molecule has 1 unspecified atom stereocenters. The molecule has 0 aromatic heterocycles. The van der Waals surface area contributed by atoms with Gasteiger partial charge in [0.2, 0.25) is 5.91 Å². The zero-order chi connectivity index (χ0) is 29.1. The molecule has 2 aromatic carbocycles. The van der Waals surface area contributed by atoms with E-state index in [1.165, 1.54) is 6.92 Å². The van der Waals surface area contributed by atoms with Gasteiger partial charge in [-0.3, -0.25) is 9.59 Å². The van der Waals surface area contributed by atoms with Crippen molar-refractivity contribution in [3.8, 4) is 5.75 Å². The molecular weight excluding hydrogens is 547 g/mol. The number of quaternary nitrogens is 1. The first kappa shape index (κ1) is 30.6. The number of carbonyl (C=O) groups excluding carboxylic acids is 2. The Morgan fingerprint density at radius 1 is 1.20 bits per heavy atom. The average Bonchev–Trinajstić information content (AvgIpc) is 2.86. The van der Waals surface area contributed by atoms with Crippen LogP contribution in [0.5, 0.6) is 5.75 Å². The molecule has 1 saturated heterocycles. The number of hydrogen-bond donors (Lipinski definition) is 2. The molecule has 4 rings (SSSR count). The molecule has 1 aliphatic heterocycles. The zero-order valence-electron chi connectivity index (χ0n) is 23.7. The van der Waals surface area contributed by atoms with Crippen LogP contribution < -0.4 is 10.1 Å². The Hall–Kier alpha value is -2.38. The number of benzene rings is 2. The lowest BCUT2D eigenvalue weighted by Crippen LogP contribution is -2.73. The number of esters is 1. The van der Waals surface area contributed by atoms with E-state index in [4.69, 9.17) is 27.9 Å². The third-order valence-electron chi connectivity index (χ3n) is 8.63. The van der Waals surface area contributed by atoms with Gasteiger partial charge in [0.25, 0.3) is 0 Å². The van der Waals surface area contributed by atoms with Crippen molar-refractivity contribution in [1.29, 1.82) is 0 Å². The van der Waals surface area contributed by atoms with Gasteiger partial charge < -0.3 is 19.6 Å². The molecule has 216 valence electrons. The number of hydrogen-bond acceptors (Lipinski definition) is 4. The summed E-state index contributed by atoms with van der Waals surface area (Å²) < 4.78 is 6.22. The highest BCUT2D eigenvalue weighted by Crippen LogP contribution is 2.53. The molecular formula is C32H41Cl2N2O4+. The quantitative estimate of drug-likeness (QED) is 0.167. The Labute approximate surface area is 247 Å². The van der Waals surface area contributed by atoms with Crippen LogP contribution in [0.25, 0.3) is 0 Å². The summed E-state index contributed by atoms with van der Waals surface area (Å²) in [5.41, 5.74) is 0.130. The van der Waals surface area contributed by atoms with Crippen molar-refractivity contribution in [3.05, 3.63) is 76.3 Å². The van der Waals surface area contributed by atoms with Crippen molar-refractivity contribution in [2.75, 3.05) is 26.2 Å². The molecule has 8 heteroatoms. The molecule has 6 nitrogen and oxygen atoms in total. The van der Waals surface area contributed by atoms with Crippen molar-refractivity contribution in [2.24, 2.45) is 5.92 Å². The number of likely N-dealkylation sites (tertiary alicyclic amines) is 1. The van der Waals surface area contributed by atoms with Gasteiger partial charge in [-0.05, 0) is 60.7 Å². The van der Waals surface area contributed by atoms with Crippen LogP contribution in [0.2, 0.25) is 10.0 Å². The lowest BCUT2D eigenvalue weighted by molar-refractivity contribution is -0.938. The fourth-order valence-electron chi connectivity index (χ4n) is 7.22. The van der Waals surface area contributed by atoms with Crippen molar-refractivity contribution < 1.29 is 23.9 Å². The summed E-state index contributed by atoms with van der Waals surface area (Å²) in [6.45, 7) is 13.1. The van der Waals surface area contributed by atoms with Gasteiger partial charge in [0, 0.05) is 30.7 Å². The van der Waals surface area contributed by atoms with Crippen LogP contribution in [0, 0.1) is 5.92 Å². The fourth-order valence-corrected chi connectivity index (χ4v) is 7.54. The minimum atomic E-state index is -0.997. The third-order valence-corrected chi connectivity index (χ3v) is 9.37. The maximum absolute atomic E-state index is 13.1. The number of rotatable bonds is 9. The summed E-state index contributed by atoms with van der Waals surface area (Å²) >= 11 is 12.2. The number of nitrogens with one attached hydrogen (secondary N) is 1. The van der Waals surface area contributed by atoms with Gasteiger partial charge in [-0.2, -0.15) is 0 Å². The van der Waals surface area contributed by atoms with Crippen molar-refractivity contribution in [3.63, 3.8) is 0 Å². The van der Waals surface area contributed by atoms with E-state index in [1.54, 1.807) is 18.2 Å². The van der Waals surface area contributed by atoms with Crippen LogP contribution in [0.15, 0.2) is 55.1 Å². The van der Waals surface area contributed by atoms with Crippen LogP contribution in [0.1, 0.15) is 57.6 Å². The number of aliphatic hydroxyl groups is 1. The van der Waals surface area contributed by atoms with E-state index in [1.807, 2.05) is 30.3 Å². The van der Waals surface area contributed by atoms with Gasteiger partial charge >= 0.3 is 5.97 Å². The standard InChI is InChI=1S/C32H40Cl2N2O4/c1-5-14-36(20-22(2)3)15-13-31(25-7-6-8-27(18-25)40-23(4)37)19-26(11-12-32(31,39)21-36)35-30(38)17-24-9-10-28(33)29(34)16-24/h5-10,16,18,22,26,39H,1,11-15,17,19-21H2,2-4H3/p+1/t26-,31+,32?,36-/m0/s1. The Balaban J connectivity index is 1.65. The molecule has 0 bridgehead atoms. The molecule has 40 heavy (non-hydrogen) atoms. The van der Waals surface area contributed by atoms with E-state index < -0.39 is 11.0 Å². The Morgan fingerprint density at radius 3 is 2.65 bits per heavy atom. The van der Waals surface area contributed by atoms with Crippen molar-refractivity contribution in [1.82, 2.24) is 5.32 Å².